The summed E-state index contributed by atoms with van der Waals surface area (Å²) in [7, 11) is 0. The highest BCUT2D eigenvalue weighted by molar-refractivity contribution is 6.01. The van der Waals surface area contributed by atoms with Crippen molar-refractivity contribution in [3.05, 3.63) is 68.3 Å². The zero-order chi connectivity index (χ0) is 43.5. The monoisotopic (exact) mass is 798 g/mol. The Bertz CT molecular complexity index is 1710. The number of nitrogen functional groups attached to an aromatic ring is 2. The number of nitrogens with two attached hydrogens (primary N) is 5. The first-order valence-electron chi connectivity index (χ1n) is 15.5. The summed E-state index contributed by atoms with van der Waals surface area (Å²) < 4.78 is 0. The third kappa shape index (κ3) is 24.8. The summed E-state index contributed by atoms with van der Waals surface area (Å²) in [5.41, 5.74) is 26.6. The van der Waals surface area contributed by atoms with Crippen molar-refractivity contribution in [3.8, 4) is 0 Å². The number of nitro groups is 2. The van der Waals surface area contributed by atoms with Gasteiger partial charge in [0.05, 0.1) is 22.9 Å². The van der Waals surface area contributed by atoms with E-state index in [1.54, 1.807) is 0 Å². The van der Waals surface area contributed by atoms with E-state index in [1.165, 1.54) is 36.4 Å². The molecule has 0 spiro atoms. The van der Waals surface area contributed by atoms with E-state index in [9.17, 15) is 58.6 Å². The molecule has 3 amide bonds. The van der Waals surface area contributed by atoms with Gasteiger partial charge in [-0.1, -0.05) is 0 Å². The summed E-state index contributed by atoms with van der Waals surface area (Å²) in [6.45, 7) is -1.43. The smallest absolute Gasteiger partial charge is 0.322 e. The third-order valence-corrected chi connectivity index (χ3v) is 6.16. The highest BCUT2D eigenvalue weighted by atomic mass is 16.6. The van der Waals surface area contributed by atoms with Crippen molar-refractivity contribution < 1.29 is 68.6 Å². The lowest BCUT2D eigenvalue weighted by molar-refractivity contribution is -0.385. The van der Waals surface area contributed by atoms with Crippen molar-refractivity contribution in [3.63, 3.8) is 0 Å². The molecule has 0 saturated carbocycles. The number of aliphatic carboxylic acids is 4. The molecule has 2 atom stereocenters. The van der Waals surface area contributed by atoms with Crippen molar-refractivity contribution in [2.45, 2.75) is 37.8 Å². The van der Waals surface area contributed by atoms with E-state index in [0.29, 0.717) is 5.69 Å². The lowest BCUT2D eigenvalue weighted by atomic mass is 10.0. The predicted molar refractivity (Wildman–Crippen MR) is 192 cm³/mol. The van der Waals surface area contributed by atoms with Crippen molar-refractivity contribution >= 4 is 70.1 Å². The molecule has 2 aromatic carbocycles. The van der Waals surface area contributed by atoms with Crippen LogP contribution in [0.1, 0.15) is 36.0 Å². The number of carboxylic acid groups (broad SMARTS) is 4. The van der Waals surface area contributed by atoms with E-state index in [4.69, 9.17) is 49.1 Å². The molecule has 2 unspecified atom stereocenters. The lowest BCUT2D eigenvalue weighted by Gasteiger charge is -2.07. The van der Waals surface area contributed by atoms with Crippen LogP contribution in [-0.2, 0) is 33.6 Å². The number of nitrogens with zero attached hydrogens (tertiary/aromatic N) is 2. The van der Waals surface area contributed by atoms with Gasteiger partial charge in [0, 0.05) is 54.0 Å². The molecule has 17 N–H and O–H groups in total. The van der Waals surface area contributed by atoms with Crippen molar-refractivity contribution in [1.82, 2.24) is 16.0 Å². The first-order chi connectivity index (χ1) is 26.0. The molecule has 26 heteroatoms. The maximum atomic E-state index is 11.8. The standard InChI is InChI=1S/C11H13N3O5.C9H15N3O6.C6H6N2O2.C4H8N2O3/c12-8-2-1-6(14(18)19)5-7(8)10(15)4-3-9(13)11(16)17;10-5(9(17)18)1-2-6(13)11-3-7(14)12-4-8(15)16;7-5-1-3-6(4-2-5)8(9)10;5-1-3(7)6-2-4(8)9/h1-2,5,9H,3-4,12-13H2,(H,16,17);5H,1-4,10H2,(H,11,13)(H,12,14)(H,15,16)(H,17,18);1-4H,7H2;1-2,5H2,(H,6,7)(H,8,9). The Labute approximate surface area is 315 Å². The minimum Gasteiger partial charge on any atom is -0.480 e. The molecule has 0 heterocycles. The van der Waals surface area contributed by atoms with Crippen molar-refractivity contribution in [2.24, 2.45) is 17.2 Å². The van der Waals surface area contributed by atoms with Gasteiger partial charge in [-0.05, 0) is 31.0 Å². The Morgan fingerprint density at radius 1 is 0.625 bits per heavy atom. The highest BCUT2D eigenvalue weighted by Gasteiger charge is 2.19. The van der Waals surface area contributed by atoms with Gasteiger partial charge in [-0.2, -0.15) is 0 Å². The summed E-state index contributed by atoms with van der Waals surface area (Å²) in [4.78, 5) is 104. The lowest BCUT2D eigenvalue weighted by Crippen LogP contribution is -2.39. The van der Waals surface area contributed by atoms with Gasteiger partial charge in [-0.15, -0.1) is 0 Å². The number of hydrogen-bond acceptors (Lipinski definition) is 17. The third-order valence-electron chi connectivity index (χ3n) is 6.16. The number of non-ortho nitro benzene ring substituents is 2. The van der Waals surface area contributed by atoms with Crippen molar-refractivity contribution in [2.75, 3.05) is 37.6 Å². The molecule has 308 valence electrons. The van der Waals surface area contributed by atoms with Crippen LogP contribution in [0, 0.1) is 20.2 Å². The summed E-state index contributed by atoms with van der Waals surface area (Å²) in [6, 6.07) is 6.99. The van der Waals surface area contributed by atoms with E-state index in [-0.39, 0.29) is 67.9 Å². The number of rotatable bonds is 18. The average molecular weight is 799 g/mol. The minimum absolute atomic E-state index is 0.00629. The summed E-state index contributed by atoms with van der Waals surface area (Å²) in [5, 5.41) is 60.3. The number of amides is 3. The fourth-order valence-electron chi connectivity index (χ4n) is 3.20. The second-order valence-electron chi connectivity index (χ2n) is 10.6. The van der Waals surface area contributed by atoms with Crippen LogP contribution < -0.4 is 44.6 Å². The highest BCUT2D eigenvalue weighted by Crippen LogP contribution is 2.21. The Morgan fingerprint density at radius 3 is 1.48 bits per heavy atom. The number of ketones is 1. The first-order valence-corrected chi connectivity index (χ1v) is 15.5. The van der Waals surface area contributed by atoms with Gasteiger partial charge in [0.2, 0.25) is 17.7 Å². The van der Waals surface area contributed by atoms with Crippen LogP contribution in [0.3, 0.4) is 0 Å². The zero-order valence-corrected chi connectivity index (χ0v) is 29.3. The van der Waals surface area contributed by atoms with E-state index in [2.05, 4.69) is 10.6 Å². The molecule has 0 aliphatic heterocycles. The summed E-state index contributed by atoms with van der Waals surface area (Å²) >= 11 is 0. The Balaban J connectivity index is 0. The van der Waals surface area contributed by atoms with Gasteiger partial charge in [-0.25, -0.2) is 0 Å². The van der Waals surface area contributed by atoms with Crippen molar-refractivity contribution in [1.29, 1.82) is 0 Å². The van der Waals surface area contributed by atoms with Crippen LogP contribution in [0.15, 0.2) is 42.5 Å². The molecule has 0 aromatic heterocycles. The fraction of sp³-hybridized carbons (Fsp3) is 0.333. The Morgan fingerprint density at radius 2 is 1.05 bits per heavy atom. The number of carbonyl (C=O) groups excluding carboxylic acids is 4. The number of nitro benzene ring substituents is 2. The largest absolute Gasteiger partial charge is 0.480 e. The van der Waals surface area contributed by atoms with Gasteiger partial charge in [-0.3, -0.25) is 58.6 Å². The normalized spacial score (nSPS) is 10.7. The van der Waals surface area contributed by atoms with Gasteiger partial charge in [0.15, 0.2) is 5.78 Å². The zero-order valence-electron chi connectivity index (χ0n) is 29.3. The molecule has 26 nitrogen and oxygen atoms in total. The second-order valence-corrected chi connectivity index (χ2v) is 10.6. The van der Waals surface area contributed by atoms with Gasteiger partial charge in [0.25, 0.3) is 11.4 Å². The number of nitrogens with one attached hydrogen (secondary N) is 3. The summed E-state index contributed by atoms with van der Waals surface area (Å²) in [6.07, 6.45) is -0.368. The molecule has 2 aromatic rings. The van der Waals surface area contributed by atoms with E-state index < -0.39 is 75.9 Å². The predicted octanol–water partition coefficient (Wildman–Crippen LogP) is -2.63. The van der Waals surface area contributed by atoms with E-state index in [1.807, 2.05) is 5.32 Å². The van der Waals surface area contributed by atoms with Gasteiger partial charge in [0.1, 0.15) is 25.2 Å². The van der Waals surface area contributed by atoms with Gasteiger partial charge < -0.3 is 65.0 Å². The Kier molecular flexibility index (Phi) is 24.8. The SMILES string of the molecule is NC(CCC(=O)NCC(=O)NCC(=O)O)C(=O)O.NCC(=O)NCC(=O)O.Nc1ccc([N+](=O)[O-])cc1.Nc1ccc([N+](=O)[O-])cc1C(=O)CCC(N)C(=O)O. The number of carbonyl (C=O) groups is 8. The topological polar surface area (TPSA) is 470 Å². The van der Waals surface area contributed by atoms with Gasteiger partial charge >= 0.3 is 23.9 Å². The van der Waals surface area contributed by atoms with Crippen LogP contribution in [0.25, 0.3) is 0 Å². The van der Waals surface area contributed by atoms with Crippen LogP contribution in [0.4, 0.5) is 22.7 Å². The second kappa shape index (κ2) is 27.3. The maximum absolute atomic E-state index is 11.8. The van der Waals surface area contributed by atoms with Crippen LogP contribution in [-0.4, -0.2) is 116 Å². The quantitative estimate of drug-likeness (QED) is 0.0317. The molecule has 0 bridgehead atoms. The van der Waals surface area contributed by atoms with Crippen LogP contribution >= 0.6 is 0 Å². The first kappa shape index (κ1) is 50.8. The van der Waals surface area contributed by atoms with Crippen LogP contribution in [0.5, 0.6) is 0 Å². The minimum atomic E-state index is -1.21. The number of anilines is 2. The average Bonchev–Trinajstić information content (AvgIpc) is 3.13. The van der Waals surface area contributed by atoms with E-state index in [0.717, 1.165) is 6.07 Å². The number of carboxylic acids is 4. The molecule has 0 aliphatic carbocycles. The molecular formula is C30H42N10O16. The summed E-state index contributed by atoms with van der Waals surface area (Å²) in [5.74, 6) is -6.79. The molecule has 2 rings (SSSR count). The molecule has 56 heavy (non-hydrogen) atoms. The van der Waals surface area contributed by atoms with Crippen LogP contribution in [0.2, 0.25) is 0 Å². The maximum Gasteiger partial charge on any atom is 0.322 e. The molecule has 0 fully saturated rings. The Hall–Kier alpha value is -7.32. The number of hydrogen-bond donors (Lipinski definition) is 12. The van der Waals surface area contributed by atoms with E-state index >= 15 is 0 Å². The molecule has 0 saturated heterocycles. The number of benzene rings is 2. The molecular weight excluding hydrogens is 756 g/mol. The molecule has 0 aliphatic rings. The number of Topliss-reactive ketones (excluding diaryl/α,β-unsaturated/α-hetero) is 1. The fourth-order valence-corrected chi connectivity index (χ4v) is 3.20. The molecule has 0 radical (unpaired) electrons.